The Morgan fingerprint density at radius 2 is 2.00 bits per heavy atom. The predicted octanol–water partition coefficient (Wildman–Crippen LogP) is 4.49. The Kier molecular flexibility index (Phi) is 3.62. The van der Waals surface area contributed by atoms with Crippen molar-refractivity contribution in [3.05, 3.63) is 60.9 Å². The van der Waals surface area contributed by atoms with E-state index >= 15 is 0 Å². The van der Waals surface area contributed by atoms with Crippen LogP contribution in [0.4, 0.5) is 0 Å². The zero-order chi connectivity index (χ0) is 14.3. The summed E-state index contributed by atoms with van der Waals surface area (Å²) in [5.74, 6) is 0. The molecule has 0 bridgehead atoms. The highest BCUT2D eigenvalue weighted by atomic mass is 79.9. The number of aromatic nitrogens is 2. The monoisotopic (exact) mass is 366 g/mol. The fraction of sp³-hybridized carbons (Fsp3) is 0.143. The van der Waals surface area contributed by atoms with Crippen LogP contribution in [0.25, 0.3) is 10.2 Å². The van der Waals surface area contributed by atoms with Gasteiger partial charge in [-0.25, -0.2) is 0 Å². The average Bonchev–Trinajstić information content (AvgIpc) is 2.87. The second kappa shape index (κ2) is 5.27. The minimum atomic E-state index is -0.106. The fourth-order valence-electron chi connectivity index (χ4n) is 2.19. The molecule has 0 saturated heterocycles. The predicted molar refractivity (Wildman–Crippen MR) is 89.2 cm³/mol. The van der Waals surface area contributed by atoms with E-state index in [-0.39, 0.29) is 11.6 Å². The number of benzene rings is 1. The van der Waals surface area contributed by atoms with Gasteiger partial charge < -0.3 is 4.98 Å². The van der Waals surface area contributed by atoms with E-state index in [4.69, 9.17) is 12.2 Å². The van der Waals surface area contributed by atoms with Crippen molar-refractivity contribution in [3.63, 3.8) is 0 Å². The Balaban J connectivity index is 2.21. The van der Waals surface area contributed by atoms with E-state index in [9.17, 15) is 4.79 Å². The van der Waals surface area contributed by atoms with E-state index in [1.807, 2.05) is 42.6 Å². The third-order valence-corrected chi connectivity index (χ3v) is 5.01. The minimum Gasteiger partial charge on any atom is -0.331 e. The summed E-state index contributed by atoms with van der Waals surface area (Å²) in [5, 5.41) is 1.89. The molecule has 0 aliphatic carbocycles. The van der Waals surface area contributed by atoms with Crippen molar-refractivity contribution < 1.29 is 0 Å². The lowest BCUT2D eigenvalue weighted by atomic mass is 10.1. The molecule has 1 N–H and O–H groups in total. The number of thiophene rings is 1. The molecule has 1 aromatic carbocycles. The first kappa shape index (κ1) is 13.7. The number of rotatable bonds is 2. The molecular weight excluding hydrogens is 356 g/mol. The molecule has 0 fully saturated rings. The van der Waals surface area contributed by atoms with Crippen LogP contribution in [0.15, 0.2) is 45.0 Å². The van der Waals surface area contributed by atoms with Crippen molar-refractivity contribution >= 4 is 49.7 Å². The van der Waals surface area contributed by atoms with E-state index in [1.165, 1.54) is 11.3 Å². The van der Waals surface area contributed by atoms with Gasteiger partial charge in [0.2, 0.25) is 0 Å². The fourth-order valence-corrected chi connectivity index (χ4v) is 3.59. The minimum absolute atomic E-state index is 0.0332. The van der Waals surface area contributed by atoms with E-state index in [2.05, 4.69) is 20.9 Å². The summed E-state index contributed by atoms with van der Waals surface area (Å²) in [6, 6.07) is 9.70. The van der Waals surface area contributed by atoms with Crippen LogP contribution in [0.2, 0.25) is 0 Å². The Morgan fingerprint density at radius 3 is 2.70 bits per heavy atom. The molecule has 3 nitrogen and oxygen atoms in total. The number of nitrogens with zero attached hydrogens (tertiary/aromatic N) is 1. The van der Waals surface area contributed by atoms with Crippen LogP contribution in [-0.2, 0) is 0 Å². The molecular formula is C14H11BrN2OS2. The largest absolute Gasteiger partial charge is 0.331 e. The maximum atomic E-state index is 12.6. The first-order valence-corrected chi connectivity index (χ1v) is 8.13. The lowest BCUT2D eigenvalue weighted by Crippen LogP contribution is -2.25. The average molecular weight is 367 g/mol. The van der Waals surface area contributed by atoms with Gasteiger partial charge in [0.25, 0.3) is 5.56 Å². The van der Waals surface area contributed by atoms with Gasteiger partial charge in [-0.2, -0.15) is 0 Å². The first-order valence-electron chi connectivity index (χ1n) is 6.05. The van der Waals surface area contributed by atoms with Crippen LogP contribution in [0, 0.1) is 4.77 Å². The maximum Gasteiger partial charge on any atom is 0.272 e. The highest BCUT2D eigenvalue weighted by molar-refractivity contribution is 9.10. The summed E-state index contributed by atoms with van der Waals surface area (Å²) < 4.78 is 3.82. The van der Waals surface area contributed by atoms with Crippen molar-refractivity contribution in [2.45, 2.75) is 13.0 Å². The van der Waals surface area contributed by atoms with Crippen LogP contribution in [0.3, 0.4) is 0 Å². The highest BCUT2D eigenvalue weighted by Crippen LogP contribution is 2.21. The second-order valence-electron chi connectivity index (χ2n) is 4.50. The van der Waals surface area contributed by atoms with Crippen LogP contribution >= 0.6 is 39.5 Å². The lowest BCUT2D eigenvalue weighted by Gasteiger charge is -2.15. The van der Waals surface area contributed by atoms with E-state index < -0.39 is 0 Å². The van der Waals surface area contributed by atoms with Crippen LogP contribution in [0.5, 0.6) is 0 Å². The Bertz CT molecular complexity index is 877. The molecule has 0 amide bonds. The molecule has 1 atom stereocenters. The molecule has 2 aromatic heterocycles. The summed E-state index contributed by atoms with van der Waals surface area (Å²) in [6.45, 7) is 1.98. The number of halogens is 1. The zero-order valence-electron chi connectivity index (χ0n) is 10.6. The van der Waals surface area contributed by atoms with Crippen LogP contribution in [-0.4, -0.2) is 9.55 Å². The molecule has 3 rings (SSSR count). The van der Waals surface area contributed by atoms with Gasteiger partial charge in [-0.05, 0) is 48.3 Å². The van der Waals surface area contributed by atoms with Crippen molar-refractivity contribution in [2.75, 3.05) is 0 Å². The number of hydrogen-bond acceptors (Lipinski definition) is 3. The SMILES string of the molecule is CC(c1ccc(Br)cc1)n1c(=S)[nH]c2ccsc2c1=O. The van der Waals surface area contributed by atoms with Gasteiger partial charge in [-0.3, -0.25) is 9.36 Å². The topological polar surface area (TPSA) is 37.8 Å². The Hall–Kier alpha value is -1.24. The lowest BCUT2D eigenvalue weighted by molar-refractivity contribution is 0.600. The number of aromatic amines is 1. The third kappa shape index (κ3) is 2.28. The molecule has 0 spiro atoms. The second-order valence-corrected chi connectivity index (χ2v) is 6.71. The molecule has 2 heterocycles. The number of fused-ring (bicyclic) bond motifs is 1. The normalized spacial score (nSPS) is 12.7. The van der Waals surface area contributed by atoms with Gasteiger partial charge in [0.05, 0.1) is 11.6 Å². The van der Waals surface area contributed by atoms with E-state index in [0.29, 0.717) is 9.47 Å². The van der Waals surface area contributed by atoms with Crippen molar-refractivity contribution in [1.29, 1.82) is 0 Å². The van der Waals surface area contributed by atoms with Gasteiger partial charge >= 0.3 is 0 Å². The van der Waals surface area contributed by atoms with Crippen LogP contribution in [0.1, 0.15) is 18.5 Å². The van der Waals surface area contributed by atoms with E-state index in [1.54, 1.807) is 4.57 Å². The van der Waals surface area contributed by atoms with Crippen LogP contribution < -0.4 is 5.56 Å². The molecule has 6 heteroatoms. The molecule has 0 saturated carbocycles. The van der Waals surface area contributed by atoms with Gasteiger partial charge in [-0.1, -0.05) is 28.1 Å². The van der Waals surface area contributed by atoms with Gasteiger partial charge in [-0.15, -0.1) is 11.3 Å². The van der Waals surface area contributed by atoms with Gasteiger partial charge in [0.15, 0.2) is 4.77 Å². The smallest absolute Gasteiger partial charge is 0.272 e. The number of hydrogen-bond donors (Lipinski definition) is 1. The highest BCUT2D eigenvalue weighted by Gasteiger charge is 2.14. The molecule has 102 valence electrons. The van der Waals surface area contributed by atoms with Crippen molar-refractivity contribution in [3.8, 4) is 0 Å². The summed E-state index contributed by atoms with van der Waals surface area (Å²) in [5.41, 5.74) is 1.82. The summed E-state index contributed by atoms with van der Waals surface area (Å²) in [6.07, 6.45) is 0. The molecule has 20 heavy (non-hydrogen) atoms. The van der Waals surface area contributed by atoms with Gasteiger partial charge in [0.1, 0.15) is 4.70 Å². The zero-order valence-corrected chi connectivity index (χ0v) is 13.8. The summed E-state index contributed by atoms with van der Waals surface area (Å²) in [7, 11) is 0. The third-order valence-electron chi connectivity index (χ3n) is 3.28. The standard InChI is InChI=1S/C14H11BrN2OS2/c1-8(9-2-4-10(15)5-3-9)17-13(18)12-11(6-7-20-12)16-14(17)19/h2-8H,1H3,(H,16,19). The number of H-pyrrole nitrogens is 1. The molecule has 3 aromatic rings. The van der Waals surface area contributed by atoms with Crippen molar-refractivity contribution in [1.82, 2.24) is 9.55 Å². The molecule has 0 radical (unpaired) electrons. The summed E-state index contributed by atoms with van der Waals surface area (Å²) >= 11 is 10.2. The molecule has 0 aliphatic rings. The van der Waals surface area contributed by atoms with Crippen molar-refractivity contribution in [2.24, 2.45) is 0 Å². The van der Waals surface area contributed by atoms with Gasteiger partial charge in [0, 0.05) is 4.47 Å². The quantitative estimate of drug-likeness (QED) is 0.678. The summed E-state index contributed by atoms with van der Waals surface area (Å²) in [4.78, 5) is 15.7. The van der Waals surface area contributed by atoms with E-state index in [0.717, 1.165) is 15.6 Å². The molecule has 0 aliphatic heterocycles. The maximum absolute atomic E-state index is 12.6. The Morgan fingerprint density at radius 1 is 1.30 bits per heavy atom. The molecule has 1 unspecified atom stereocenters. The Labute approximate surface area is 133 Å². The number of nitrogens with one attached hydrogen (secondary N) is 1. The first-order chi connectivity index (χ1) is 9.58.